The third-order valence-electron chi connectivity index (χ3n) is 3.32. The topological polar surface area (TPSA) is 105 Å². The van der Waals surface area contributed by atoms with Gasteiger partial charge in [-0.1, -0.05) is 19.1 Å². The normalized spacial score (nSPS) is 14.3. The molecule has 1 N–H and O–H groups in total. The number of rotatable bonds is 4. The van der Waals surface area contributed by atoms with E-state index in [2.05, 4.69) is 9.84 Å². The first-order chi connectivity index (χ1) is 10.9. The highest BCUT2D eigenvalue weighted by Gasteiger charge is 2.28. The van der Waals surface area contributed by atoms with Crippen LogP contribution < -0.4 is 4.72 Å². The van der Waals surface area contributed by atoms with Gasteiger partial charge >= 0.3 is 12.0 Å². The van der Waals surface area contributed by atoms with Gasteiger partial charge in [0.05, 0.1) is 19.2 Å². The van der Waals surface area contributed by atoms with Crippen LogP contribution in [0.3, 0.4) is 0 Å². The van der Waals surface area contributed by atoms with Crippen LogP contribution in [0.15, 0.2) is 34.3 Å². The van der Waals surface area contributed by atoms with Crippen molar-refractivity contribution >= 4 is 27.7 Å². The molecule has 124 valence electrons. The third kappa shape index (κ3) is 3.67. The van der Waals surface area contributed by atoms with Crippen molar-refractivity contribution < 1.29 is 22.7 Å². The summed E-state index contributed by atoms with van der Waals surface area (Å²) in [6, 6.07) is 4.65. The number of urea groups is 1. The summed E-state index contributed by atoms with van der Waals surface area (Å²) in [7, 11) is -3.07. The Labute approximate surface area is 134 Å². The van der Waals surface area contributed by atoms with E-state index in [0.29, 0.717) is 19.4 Å². The van der Waals surface area contributed by atoms with Gasteiger partial charge in [-0.15, -0.1) is 0 Å². The van der Waals surface area contributed by atoms with E-state index in [0.717, 1.165) is 17.8 Å². The molecule has 0 saturated carbocycles. The number of nitrogens with one attached hydrogen (secondary N) is 1. The quantitative estimate of drug-likeness (QED) is 0.834. The van der Waals surface area contributed by atoms with E-state index in [9.17, 15) is 18.0 Å². The number of hydrazone groups is 1. The Hall–Kier alpha value is -2.42. The van der Waals surface area contributed by atoms with Crippen LogP contribution >= 0.6 is 0 Å². The average molecular weight is 339 g/mol. The van der Waals surface area contributed by atoms with Crippen molar-refractivity contribution in [1.82, 2.24) is 9.73 Å². The van der Waals surface area contributed by atoms with Gasteiger partial charge in [0.1, 0.15) is 4.90 Å². The monoisotopic (exact) mass is 339 g/mol. The van der Waals surface area contributed by atoms with Crippen molar-refractivity contribution in [3.8, 4) is 0 Å². The second-order valence-electron chi connectivity index (χ2n) is 4.79. The molecule has 1 aromatic carbocycles. The minimum absolute atomic E-state index is 0.144. The fourth-order valence-electron chi connectivity index (χ4n) is 2.10. The molecule has 0 spiro atoms. The lowest BCUT2D eigenvalue weighted by Gasteiger charge is -2.14. The summed E-state index contributed by atoms with van der Waals surface area (Å²) in [4.78, 5) is 23.4. The molecule has 2 rings (SSSR count). The molecule has 0 aliphatic carbocycles. The number of sulfonamides is 1. The van der Waals surface area contributed by atoms with Crippen molar-refractivity contribution in [1.29, 1.82) is 0 Å². The van der Waals surface area contributed by atoms with E-state index in [-0.39, 0.29) is 10.5 Å². The lowest BCUT2D eigenvalue weighted by Crippen LogP contribution is -2.39. The highest BCUT2D eigenvalue weighted by molar-refractivity contribution is 7.90. The van der Waals surface area contributed by atoms with Crippen LogP contribution in [0, 0.1) is 0 Å². The number of ether oxygens (including phenoxy) is 1. The molecule has 1 heterocycles. The number of nitrogens with zero attached hydrogens (tertiary/aromatic N) is 2. The number of carbonyl (C=O) groups excluding carboxylic acids is 2. The van der Waals surface area contributed by atoms with Crippen molar-refractivity contribution in [2.24, 2.45) is 5.10 Å². The van der Waals surface area contributed by atoms with Gasteiger partial charge in [-0.05, 0) is 18.6 Å². The molecule has 23 heavy (non-hydrogen) atoms. The predicted octanol–water partition coefficient (Wildman–Crippen LogP) is 1.34. The number of methoxy groups -OCH3 is 1. The Morgan fingerprint density at radius 3 is 2.65 bits per heavy atom. The van der Waals surface area contributed by atoms with E-state index in [1.54, 1.807) is 0 Å². The maximum atomic E-state index is 12.4. The van der Waals surface area contributed by atoms with Gasteiger partial charge in [0, 0.05) is 12.1 Å². The van der Waals surface area contributed by atoms with E-state index in [4.69, 9.17) is 0 Å². The number of hydrogen-bond acceptors (Lipinski definition) is 6. The van der Waals surface area contributed by atoms with E-state index >= 15 is 0 Å². The number of esters is 1. The van der Waals surface area contributed by atoms with Gasteiger partial charge in [-0.2, -0.15) is 5.10 Å². The zero-order chi connectivity index (χ0) is 17.0. The Morgan fingerprint density at radius 2 is 2.04 bits per heavy atom. The molecule has 0 saturated heterocycles. The molecule has 9 heteroatoms. The van der Waals surface area contributed by atoms with E-state index in [1.807, 2.05) is 11.6 Å². The zero-order valence-corrected chi connectivity index (χ0v) is 13.6. The summed E-state index contributed by atoms with van der Waals surface area (Å²) in [5.74, 6) is -0.800. The van der Waals surface area contributed by atoms with Crippen LogP contribution in [0.2, 0.25) is 0 Å². The third-order valence-corrected chi connectivity index (χ3v) is 4.70. The molecular formula is C14H17N3O5S. The van der Waals surface area contributed by atoms with Crippen LogP contribution in [-0.2, 0) is 14.8 Å². The summed E-state index contributed by atoms with van der Waals surface area (Å²) in [6.45, 7) is 2.23. The fraction of sp³-hybridized carbons (Fsp3) is 0.357. The van der Waals surface area contributed by atoms with Gasteiger partial charge in [0.15, 0.2) is 0 Å². The summed E-state index contributed by atoms with van der Waals surface area (Å²) in [5.41, 5.74) is 0.682. The first-order valence-corrected chi connectivity index (χ1v) is 8.45. The standard InChI is InChI=1S/C14H17N3O5S/c1-3-10-8-9-17(15-10)14(19)16-23(20,21)12-7-5-4-6-11(12)13(18)22-2/h4-7H,3,8-9H2,1-2H3,(H,16,19). The van der Waals surface area contributed by atoms with Crippen molar-refractivity contribution in [3.05, 3.63) is 29.8 Å². The second-order valence-corrected chi connectivity index (χ2v) is 6.44. The lowest BCUT2D eigenvalue weighted by molar-refractivity contribution is 0.0596. The van der Waals surface area contributed by atoms with Gasteiger partial charge in [-0.25, -0.2) is 27.7 Å². The molecule has 2 amide bonds. The second kappa shape index (κ2) is 6.78. The van der Waals surface area contributed by atoms with Crippen LogP contribution in [0.4, 0.5) is 4.79 Å². The molecular weight excluding hydrogens is 322 g/mol. The van der Waals surface area contributed by atoms with Gasteiger partial charge in [0.25, 0.3) is 10.0 Å². The fourth-order valence-corrected chi connectivity index (χ4v) is 3.25. The number of benzene rings is 1. The van der Waals surface area contributed by atoms with Gasteiger partial charge in [0.2, 0.25) is 0 Å². The molecule has 0 fully saturated rings. The molecule has 1 aliphatic rings. The summed E-state index contributed by atoms with van der Waals surface area (Å²) in [5, 5.41) is 5.11. The minimum atomic E-state index is -4.22. The Morgan fingerprint density at radius 1 is 1.35 bits per heavy atom. The SMILES string of the molecule is CCC1=NN(C(=O)NS(=O)(=O)c2ccccc2C(=O)OC)CC1. The Balaban J connectivity index is 2.25. The lowest BCUT2D eigenvalue weighted by atomic mass is 10.2. The van der Waals surface area contributed by atoms with E-state index < -0.39 is 22.0 Å². The smallest absolute Gasteiger partial charge is 0.351 e. The van der Waals surface area contributed by atoms with Crippen molar-refractivity contribution in [3.63, 3.8) is 0 Å². The summed E-state index contributed by atoms with van der Waals surface area (Å²) in [6.07, 6.45) is 1.31. The molecule has 0 aromatic heterocycles. The maximum Gasteiger partial charge on any atom is 0.351 e. The Bertz CT molecular complexity index is 757. The number of amides is 2. The largest absolute Gasteiger partial charge is 0.465 e. The highest BCUT2D eigenvalue weighted by atomic mass is 32.2. The molecule has 0 bridgehead atoms. The molecule has 0 radical (unpaired) electrons. The van der Waals surface area contributed by atoms with Crippen LogP contribution in [0.1, 0.15) is 30.1 Å². The van der Waals surface area contributed by atoms with Crippen LogP contribution in [0.5, 0.6) is 0 Å². The number of hydrogen-bond donors (Lipinski definition) is 1. The molecule has 8 nitrogen and oxygen atoms in total. The molecule has 0 atom stereocenters. The van der Waals surface area contributed by atoms with E-state index in [1.165, 1.54) is 24.3 Å². The van der Waals surface area contributed by atoms with Crippen molar-refractivity contribution in [2.45, 2.75) is 24.7 Å². The first-order valence-electron chi connectivity index (χ1n) is 6.97. The minimum Gasteiger partial charge on any atom is -0.465 e. The van der Waals surface area contributed by atoms with Gasteiger partial charge in [-0.3, -0.25) is 0 Å². The van der Waals surface area contributed by atoms with Crippen LogP contribution in [-0.4, -0.2) is 44.8 Å². The maximum absolute atomic E-state index is 12.4. The predicted molar refractivity (Wildman–Crippen MR) is 82.5 cm³/mol. The van der Waals surface area contributed by atoms with Gasteiger partial charge < -0.3 is 4.74 Å². The molecule has 1 aromatic rings. The van der Waals surface area contributed by atoms with Crippen LogP contribution in [0.25, 0.3) is 0 Å². The molecule has 0 unspecified atom stereocenters. The number of carbonyl (C=O) groups is 2. The highest BCUT2D eigenvalue weighted by Crippen LogP contribution is 2.17. The first kappa shape index (κ1) is 16.9. The average Bonchev–Trinajstić information content (AvgIpc) is 3.03. The zero-order valence-electron chi connectivity index (χ0n) is 12.8. The van der Waals surface area contributed by atoms with Crippen molar-refractivity contribution in [2.75, 3.05) is 13.7 Å². The summed E-state index contributed by atoms with van der Waals surface area (Å²) >= 11 is 0. The Kier molecular flexibility index (Phi) is 4.99. The summed E-state index contributed by atoms with van der Waals surface area (Å²) < 4.78 is 31.2. The molecule has 1 aliphatic heterocycles.